The van der Waals surface area contributed by atoms with E-state index in [2.05, 4.69) is 0 Å². The number of esters is 3. The number of carbonyl (C=O) groups excluding carboxylic acids is 3. The maximum atomic E-state index is 12.1. The highest BCUT2D eigenvalue weighted by Crippen LogP contribution is 2.45. The lowest BCUT2D eigenvalue weighted by Crippen LogP contribution is -2.06. The first kappa shape index (κ1) is 24.0. The van der Waals surface area contributed by atoms with E-state index in [0.29, 0.717) is 64.8 Å². The Hall–Kier alpha value is -4.13. The summed E-state index contributed by atoms with van der Waals surface area (Å²) in [5.74, 6) is 0.141. The Morgan fingerprint density at radius 1 is 0.629 bits per heavy atom. The second-order valence-corrected chi connectivity index (χ2v) is 8.19. The van der Waals surface area contributed by atoms with E-state index < -0.39 is 11.9 Å². The second-order valence-electron chi connectivity index (χ2n) is 8.19. The van der Waals surface area contributed by atoms with E-state index in [1.54, 1.807) is 18.2 Å². The fourth-order valence-corrected chi connectivity index (χ4v) is 4.02. The summed E-state index contributed by atoms with van der Waals surface area (Å²) in [4.78, 5) is 34.9. The molecule has 7 nitrogen and oxygen atoms in total. The maximum Gasteiger partial charge on any atom is 0.308 e. The zero-order valence-corrected chi connectivity index (χ0v) is 19.9. The van der Waals surface area contributed by atoms with Crippen molar-refractivity contribution in [1.82, 2.24) is 0 Å². The average Bonchev–Trinajstić information content (AvgIpc) is 2.81. The minimum atomic E-state index is -0.460. The molecular formula is C28H26O7. The molecule has 0 radical (unpaired) electrons. The molecule has 0 aliphatic carbocycles. The van der Waals surface area contributed by atoms with Gasteiger partial charge in [0, 0.05) is 42.3 Å². The highest BCUT2D eigenvalue weighted by atomic mass is 16.5. The van der Waals surface area contributed by atoms with Gasteiger partial charge in [-0.05, 0) is 53.9 Å². The normalized spacial score (nSPS) is 10.9. The van der Waals surface area contributed by atoms with Crippen LogP contribution in [0.15, 0.2) is 54.6 Å². The van der Waals surface area contributed by atoms with Crippen LogP contribution in [0.1, 0.15) is 33.6 Å². The third-order valence-corrected chi connectivity index (χ3v) is 5.46. The SMILES string of the molecule is CC(=O)OCCCCOc1ccc2c(OC(C)=O)c3cc4ccccc4cc3c(OC(C)=O)c2c1. The molecule has 0 spiro atoms. The maximum absolute atomic E-state index is 12.1. The Kier molecular flexibility index (Phi) is 7.15. The van der Waals surface area contributed by atoms with E-state index in [9.17, 15) is 14.4 Å². The molecule has 0 aliphatic rings. The third kappa shape index (κ3) is 5.51. The van der Waals surface area contributed by atoms with Gasteiger partial charge in [-0.25, -0.2) is 0 Å². The summed E-state index contributed by atoms with van der Waals surface area (Å²) >= 11 is 0. The van der Waals surface area contributed by atoms with Crippen molar-refractivity contribution >= 4 is 50.2 Å². The average molecular weight is 475 g/mol. The number of rotatable bonds is 8. The van der Waals surface area contributed by atoms with Crippen LogP contribution in [0.4, 0.5) is 0 Å². The summed E-state index contributed by atoms with van der Waals surface area (Å²) in [6.07, 6.45) is 1.38. The van der Waals surface area contributed by atoms with Crippen LogP contribution in [-0.2, 0) is 19.1 Å². The largest absolute Gasteiger partial charge is 0.494 e. The zero-order chi connectivity index (χ0) is 24.9. The van der Waals surface area contributed by atoms with Crippen molar-refractivity contribution in [2.75, 3.05) is 13.2 Å². The van der Waals surface area contributed by atoms with Crippen LogP contribution in [0.25, 0.3) is 32.3 Å². The molecule has 0 heterocycles. The van der Waals surface area contributed by atoms with E-state index in [1.807, 2.05) is 36.4 Å². The quantitative estimate of drug-likeness (QED) is 0.140. The molecule has 4 aromatic rings. The summed E-state index contributed by atoms with van der Waals surface area (Å²) in [5.41, 5.74) is 0. The van der Waals surface area contributed by atoms with Crippen LogP contribution in [0.2, 0.25) is 0 Å². The molecule has 0 aromatic heterocycles. The lowest BCUT2D eigenvalue weighted by molar-refractivity contribution is -0.141. The smallest absolute Gasteiger partial charge is 0.308 e. The Morgan fingerprint density at radius 3 is 1.74 bits per heavy atom. The van der Waals surface area contributed by atoms with E-state index in [4.69, 9.17) is 18.9 Å². The summed E-state index contributed by atoms with van der Waals surface area (Å²) in [6.45, 7) is 4.85. The molecule has 7 heteroatoms. The predicted octanol–water partition coefficient (Wildman–Crippen LogP) is 5.72. The first-order valence-corrected chi connectivity index (χ1v) is 11.4. The zero-order valence-electron chi connectivity index (χ0n) is 19.9. The molecule has 35 heavy (non-hydrogen) atoms. The van der Waals surface area contributed by atoms with Gasteiger partial charge in [-0.15, -0.1) is 0 Å². The van der Waals surface area contributed by atoms with Gasteiger partial charge in [0.15, 0.2) is 0 Å². The molecule has 4 aromatic carbocycles. The Balaban J connectivity index is 1.82. The summed E-state index contributed by atoms with van der Waals surface area (Å²) in [6, 6.07) is 17.0. The molecule has 0 atom stereocenters. The fraction of sp³-hybridized carbons (Fsp3) is 0.250. The lowest BCUT2D eigenvalue weighted by Gasteiger charge is -2.17. The number of benzene rings is 4. The van der Waals surface area contributed by atoms with Crippen LogP contribution in [0.5, 0.6) is 17.2 Å². The Bertz CT molecular complexity index is 1440. The lowest BCUT2D eigenvalue weighted by atomic mass is 9.97. The van der Waals surface area contributed by atoms with Crippen molar-refractivity contribution in [2.45, 2.75) is 33.6 Å². The van der Waals surface area contributed by atoms with Gasteiger partial charge in [0.25, 0.3) is 0 Å². The third-order valence-electron chi connectivity index (χ3n) is 5.46. The topological polar surface area (TPSA) is 88.1 Å². The molecule has 0 saturated heterocycles. The van der Waals surface area contributed by atoms with Crippen molar-refractivity contribution in [2.24, 2.45) is 0 Å². The molecule has 4 rings (SSSR count). The fourth-order valence-electron chi connectivity index (χ4n) is 4.02. The van der Waals surface area contributed by atoms with Gasteiger partial charge in [-0.2, -0.15) is 0 Å². The van der Waals surface area contributed by atoms with Crippen LogP contribution in [0, 0.1) is 0 Å². The van der Waals surface area contributed by atoms with Crippen LogP contribution < -0.4 is 14.2 Å². The van der Waals surface area contributed by atoms with Gasteiger partial charge in [0.05, 0.1) is 13.2 Å². The van der Waals surface area contributed by atoms with E-state index in [1.165, 1.54) is 20.8 Å². The molecule has 0 N–H and O–H groups in total. The Labute approximate surface area is 202 Å². The van der Waals surface area contributed by atoms with Gasteiger partial charge in [0.1, 0.15) is 17.2 Å². The molecule has 0 bridgehead atoms. The van der Waals surface area contributed by atoms with E-state index in [-0.39, 0.29) is 5.97 Å². The highest BCUT2D eigenvalue weighted by Gasteiger charge is 2.20. The number of unbranched alkanes of at least 4 members (excludes halogenated alkanes) is 1. The van der Waals surface area contributed by atoms with E-state index >= 15 is 0 Å². The Morgan fingerprint density at radius 2 is 1.17 bits per heavy atom. The molecule has 0 saturated carbocycles. The van der Waals surface area contributed by atoms with Crippen LogP contribution in [0.3, 0.4) is 0 Å². The van der Waals surface area contributed by atoms with Crippen molar-refractivity contribution in [1.29, 1.82) is 0 Å². The first-order valence-electron chi connectivity index (χ1n) is 11.4. The number of hydrogen-bond acceptors (Lipinski definition) is 7. The van der Waals surface area contributed by atoms with Crippen LogP contribution in [-0.4, -0.2) is 31.1 Å². The summed E-state index contributed by atoms with van der Waals surface area (Å²) in [7, 11) is 0. The summed E-state index contributed by atoms with van der Waals surface area (Å²) < 4.78 is 22.2. The molecule has 0 fully saturated rings. The van der Waals surface area contributed by atoms with Crippen molar-refractivity contribution in [3.8, 4) is 17.2 Å². The molecule has 180 valence electrons. The molecular weight excluding hydrogens is 448 g/mol. The standard InChI is InChI=1S/C28H26O7/c1-17(29)32-12-6-7-13-33-22-10-11-23-26(16-22)28(35-19(3)31)25-15-21-9-5-4-8-20(21)14-24(25)27(23)34-18(2)30/h4-5,8-11,14-16H,6-7,12-13H2,1-3H3. The number of fused-ring (bicyclic) bond motifs is 3. The van der Waals surface area contributed by atoms with E-state index in [0.717, 1.165) is 10.8 Å². The summed E-state index contributed by atoms with van der Waals surface area (Å²) in [5, 5.41) is 4.47. The predicted molar refractivity (Wildman–Crippen MR) is 133 cm³/mol. The number of ether oxygens (including phenoxy) is 4. The van der Waals surface area contributed by atoms with Gasteiger partial charge < -0.3 is 18.9 Å². The number of carbonyl (C=O) groups is 3. The van der Waals surface area contributed by atoms with Crippen LogP contribution >= 0.6 is 0 Å². The monoisotopic (exact) mass is 474 g/mol. The van der Waals surface area contributed by atoms with Crippen molar-refractivity contribution in [3.63, 3.8) is 0 Å². The minimum absolute atomic E-state index is 0.304. The number of hydrogen-bond donors (Lipinski definition) is 0. The second kappa shape index (κ2) is 10.4. The highest BCUT2D eigenvalue weighted by molar-refractivity contribution is 6.16. The molecule has 0 unspecified atom stereocenters. The van der Waals surface area contributed by atoms with Gasteiger partial charge in [-0.1, -0.05) is 24.3 Å². The van der Waals surface area contributed by atoms with Gasteiger partial charge in [0.2, 0.25) is 0 Å². The molecule has 0 aliphatic heterocycles. The first-order chi connectivity index (χ1) is 16.8. The van der Waals surface area contributed by atoms with Gasteiger partial charge >= 0.3 is 17.9 Å². The van der Waals surface area contributed by atoms with Crippen molar-refractivity contribution in [3.05, 3.63) is 54.6 Å². The van der Waals surface area contributed by atoms with Crippen molar-refractivity contribution < 1.29 is 33.3 Å². The minimum Gasteiger partial charge on any atom is -0.494 e. The molecule has 0 amide bonds. The van der Waals surface area contributed by atoms with Gasteiger partial charge in [-0.3, -0.25) is 14.4 Å².